The van der Waals surface area contributed by atoms with Crippen LogP contribution in [0.25, 0.3) is 16.8 Å². The van der Waals surface area contributed by atoms with E-state index >= 15 is 0 Å². The Morgan fingerprint density at radius 3 is 2.30 bits per heavy atom. The van der Waals surface area contributed by atoms with Crippen LogP contribution in [0.2, 0.25) is 0 Å². The molecule has 2 aromatic rings. The van der Waals surface area contributed by atoms with Crippen molar-refractivity contribution in [3.63, 3.8) is 0 Å². The number of anilines is 1. The number of hydrogen-bond acceptors (Lipinski definition) is 3. The molecule has 144 valence electrons. The topological polar surface area (TPSA) is 31.9 Å². The molecule has 1 heterocycles. The number of aromatic nitrogens is 2. The predicted octanol–water partition coefficient (Wildman–Crippen LogP) is 6.00. The number of aromatic amines is 1. The van der Waals surface area contributed by atoms with Gasteiger partial charge in [-0.25, -0.2) is 4.98 Å². The summed E-state index contributed by atoms with van der Waals surface area (Å²) in [5, 5.41) is 0. The Morgan fingerprint density at radius 2 is 1.81 bits per heavy atom. The van der Waals surface area contributed by atoms with Gasteiger partial charge in [0.1, 0.15) is 0 Å². The van der Waals surface area contributed by atoms with Gasteiger partial charge >= 0.3 is 6.18 Å². The van der Waals surface area contributed by atoms with E-state index in [1.807, 2.05) is 50.4 Å². The second-order valence-corrected chi connectivity index (χ2v) is 7.11. The lowest BCUT2D eigenvalue weighted by Gasteiger charge is -2.12. The molecule has 0 spiro atoms. The third kappa shape index (κ3) is 5.07. The van der Waals surface area contributed by atoms with Crippen LogP contribution >= 0.6 is 11.8 Å². The number of thioether (sulfide) groups is 1. The number of nitrogens with zero attached hydrogens (tertiary/aromatic N) is 2. The number of nitrogens with one attached hydrogen (secondary N) is 1. The first-order valence-corrected chi connectivity index (χ1v) is 9.40. The minimum Gasteiger partial charge on any atom is -0.378 e. The van der Waals surface area contributed by atoms with Gasteiger partial charge in [-0.05, 0) is 35.8 Å². The van der Waals surface area contributed by atoms with E-state index in [1.165, 1.54) is 6.08 Å². The van der Waals surface area contributed by atoms with E-state index in [9.17, 15) is 13.2 Å². The molecule has 0 bridgehead atoms. The molecule has 1 aromatic heterocycles. The molecule has 0 aliphatic heterocycles. The average molecular weight is 393 g/mol. The molecule has 0 amide bonds. The summed E-state index contributed by atoms with van der Waals surface area (Å²) in [5.74, 6) is -1.03. The van der Waals surface area contributed by atoms with Crippen LogP contribution in [0.3, 0.4) is 0 Å². The van der Waals surface area contributed by atoms with E-state index in [2.05, 4.69) is 16.5 Å². The molecule has 0 aliphatic carbocycles. The molecule has 1 N–H and O–H groups in total. The molecule has 0 saturated heterocycles. The maximum Gasteiger partial charge on any atom is 0.449 e. The second kappa shape index (κ2) is 8.52. The lowest BCUT2D eigenvalue weighted by Crippen LogP contribution is -2.08. The fourth-order valence-corrected chi connectivity index (χ4v) is 2.58. The largest absolute Gasteiger partial charge is 0.449 e. The van der Waals surface area contributed by atoms with Gasteiger partial charge in [-0.2, -0.15) is 13.2 Å². The normalized spacial score (nSPS) is 13.0. The Hall–Kier alpha value is -2.41. The summed E-state index contributed by atoms with van der Waals surface area (Å²) in [4.78, 5) is 9.21. The number of alkyl halides is 3. The molecular formula is C20H22F3N3S. The summed E-state index contributed by atoms with van der Waals surface area (Å²) in [6, 6.07) is 7.21. The van der Waals surface area contributed by atoms with E-state index in [1.54, 1.807) is 30.0 Å². The van der Waals surface area contributed by atoms with Gasteiger partial charge in [0.25, 0.3) is 0 Å². The molecule has 2 rings (SSSR count). The first kappa shape index (κ1) is 20.9. The molecule has 0 saturated carbocycles. The second-order valence-electron chi connectivity index (χ2n) is 6.06. The van der Waals surface area contributed by atoms with Crippen LogP contribution < -0.4 is 4.90 Å². The summed E-state index contributed by atoms with van der Waals surface area (Å²) in [7, 11) is 3.80. The van der Waals surface area contributed by atoms with Crippen molar-refractivity contribution < 1.29 is 13.2 Å². The standard InChI is InChI=1S/C20H22F3N3S/c1-6-14(8-7-13(2)27-5)17-18(25-19(24-17)20(21,22)23)15-9-11-16(12-10-15)26(3)4/h6-12H,1H2,2-5H3,(H,24,25)/b13-7+,14-8+. The third-order valence-corrected chi connectivity index (χ3v) is 4.74. The summed E-state index contributed by atoms with van der Waals surface area (Å²) < 4.78 is 39.7. The van der Waals surface area contributed by atoms with Crippen LogP contribution in [-0.2, 0) is 6.18 Å². The van der Waals surface area contributed by atoms with Crippen LogP contribution in [0.5, 0.6) is 0 Å². The molecule has 7 heteroatoms. The van der Waals surface area contributed by atoms with Crippen molar-refractivity contribution in [3.8, 4) is 11.3 Å². The van der Waals surface area contributed by atoms with Gasteiger partial charge in [0.15, 0.2) is 0 Å². The molecule has 27 heavy (non-hydrogen) atoms. The highest BCUT2D eigenvalue weighted by Crippen LogP contribution is 2.34. The van der Waals surface area contributed by atoms with Gasteiger partial charge in [-0.3, -0.25) is 0 Å². The molecule has 1 aromatic carbocycles. The number of benzene rings is 1. The molecule has 3 nitrogen and oxygen atoms in total. The van der Waals surface area contributed by atoms with Gasteiger partial charge in [-0.1, -0.05) is 36.9 Å². The van der Waals surface area contributed by atoms with Gasteiger partial charge in [-0.15, -0.1) is 11.8 Å². The number of hydrogen-bond donors (Lipinski definition) is 1. The zero-order valence-corrected chi connectivity index (χ0v) is 16.5. The number of rotatable bonds is 6. The van der Waals surface area contributed by atoms with E-state index in [0.717, 1.165) is 10.6 Å². The Balaban J connectivity index is 2.62. The fourth-order valence-electron chi connectivity index (χ4n) is 2.37. The van der Waals surface area contributed by atoms with Gasteiger partial charge in [0.2, 0.25) is 5.82 Å². The summed E-state index contributed by atoms with van der Waals surface area (Å²) in [6.45, 7) is 5.67. The fraction of sp³-hybridized carbons (Fsp3) is 0.250. The molecule has 0 fully saturated rings. The SMILES string of the molecule is C=C/C(=C\C=C(/C)SC)c1[nH]c(C(F)(F)F)nc1-c1ccc(N(C)C)cc1. The van der Waals surface area contributed by atoms with E-state index < -0.39 is 12.0 Å². The van der Waals surface area contributed by atoms with Crippen LogP contribution in [0.15, 0.2) is 54.0 Å². The van der Waals surface area contributed by atoms with Crippen molar-refractivity contribution in [2.45, 2.75) is 13.1 Å². The quantitative estimate of drug-likeness (QED) is 0.611. The van der Waals surface area contributed by atoms with Gasteiger partial charge < -0.3 is 9.88 Å². The van der Waals surface area contributed by atoms with Crippen LogP contribution in [0.1, 0.15) is 18.4 Å². The van der Waals surface area contributed by atoms with Crippen molar-refractivity contribution >= 4 is 23.0 Å². The Labute approximate surface area is 161 Å². The Bertz CT molecular complexity index is 860. The highest BCUT2D eigenvalue weighted by molar-refractivity contribution is 8.02. The van der Waals surface area contributed by atoms with Crippen LogP contribution in [0.4, 0.5) is 18.9 Å². The first-order valence-electron chi connectivity index (χ1n) is 8.17. The number of H-pyrrole nitrogens is 1. The minimum atomic E-state index is -4.56. The van der Waals surface area contributed by atoms with Crippen molar-refractivity contribution in [1.82, 2.24) is 9.97 Å². The van der Waals surface area contributed by atoms with E-state index in [0.29, 0.717) is 16.8 Å². The highest BCUT2D eigenvalue weighted by atomic mass is 32.2. The molecule has 0 atom stereocenters. The maximum absolute atomic E-state index is 13.2. The van der Waals surface area contributed by atoms with Crippen LogP contribution in [-0.4, -0.2) is 30.3 Å². The summed E-state index contributed by atoms with van der Waals surface area (Å²) in [6.07, 6.45) is 2.48. The average Bonchev–Trinajstić information content (AvgIpc) is 3.07. The van der Waals surface area contributed by atoms with Crippen molar-refractivity contribution in [2.75, 3.05) is 25.3 Å². The van der Waals surface area contributed by atoms with Crippen LogP contribution in [0, 0.1) is 0 Å². The lowest BCUT2D eigenvalue weighted by molar-refractivity contribution is -0.144. The molecule has 0 aliphatic rings. The lowest BCUT2D eigenvalue weighted by atomic mass is 10.0. The zero-order chi connectivity index (χ0) is 20.2. The number of imidazole rings is 1. The van der Waals surface area contributed by atoms with Crippen molar-refractivity contribution in [3.05, 3.63) is 65.5 Å². The van der Waals surface area contributed by atoms with E-state index in [4.69, 9.17) is 0 Å². The Kier molecular flexibility index (Phi) is 6.59. The first-order chi connectivity index (χ1) is 12.7. The van der Waals surface area contributed by atoms with Gasteiger partial charge in [0.05, 0.1) is 11.4 Å². The minimum absolute atomic E-state index is 0.244. The smallest absolute Gasteiger partial charge is 0.378 e. The monoisotopic (exact) mass is 393 g/mol. The van der Waals surface area contributed by atoms with Crippen molar-refractivity contribution in [2.24, 2.45) is 0 Å². The van der Waals surface area contributed by atoms with Gasteiger partial charge in [0, 0.05) is 25.3 Å². The van der Waals surface area contributed by atoms with E-state index in [-0.39, 0.29) is 5.69 Å². The molecule has 0 radical (unpaired) electrons. The number of halogens is 3. The zero-order valence-electron chi connectivity index (χ0n) is 15.7. The number of allylic oxidation sites excluding steroid dienone is 5. The highest BCUT2D eigenvalue weighted by Gasteiger charge is 2.36. The maximum atomic E-state index is 13.2. The molecular weight excluding hydrogens is 371 g/mol. The predicted molar refractivity (Wildman–Crippen MR) is 109 cm³/mol. The molecule has 0 unspecified atom stereocenters. The Morgan fingerprint density at radius 1 is 1.19 bits per heavy atom. The van der Waals surface area contributed by atoms with Crippen molar-refractivity contribution in [1.29, 1.82) is 0 Å². The summed E-state index contributed by atoms with van der Waals surface area (Å²) in [5.41, 5.74) is 2.62. The summed E-state index contributed by atoms with van der Waals surface area (Å²) >= 11 is 1.56. The third-order valence-electron chi connectivity index (χ3n) is 3.96.